The minimum Gasteiger partial charge on any atom is -0.364 e. The SMILES string of the molecule is NC[C@H]1CC[C@@H](C(=O)Nc2nc3c(s2)CC(c2ccccc2)CC3)O1. The first-order valence-electron chi connectivity index (χ1n) is 8.93. The Kier molecular flexibility index (Phi) is 4.83. The molecule has 0 saturated carbocycles. The van der Waals surface area contributed by atoms with Crippen molar-refractivity contribution in [2.45, 2.75) is 50.2 Å². The highest BCUT2D eigenvalue weighted by Crippen LogP contribution is 2.37. The largest absolute Gasteiger partial charge is 0.364 e. The summed E-state index contributed by atoms with van der Waals surface area (Å²) >= 11 is 1.60. The van der Waals surface area contributed by atoms with E-state index in [1.165, 1.54) is 10.4 Å². The van der Waals surface area contributed by atoms with Crippen LogP contribution in [-0.4, -0.2) is 29.6 Å². The van der Waals surface area contributed by atoms with Crippen LogP contribution < -0.4 is 11.1 Å². The lowest BCUT2D eigenvalue weighted by Crippen LogP contribution is -2.29. The number of nitrogens with zero attached hydrogens (tertiary/aromatic N) is 1. The van der Waals surface area contributed by atoms with Crippen LogP contribution in [0.25, 0.3) is 0 Å². The van der Waals surface area contributed by atoms with Crippen molar-refractivity contribution in [3.63, 3.8) is 0 Å². The van der Waals surface area contributed by atoms with E-state index in [9.17, 15) is 4.79 Å². The van der Waals surface area contributed by atoms with Crippen LogP contribution in [-0.2, 0) is 22.4 Å². The minimum atomic E-state index is -0.397. The van der Waals surface area contributed by atoms with Gasteiger partial charge in [-0.15, -0.1) is 11.3 Å². The number of carbonyl (C=O) groups is 1. The Balaban J connectivity index is 1.41. The summed E-state index contributed by atoms with van der Waals surface area (Å²) < 4.78 is 5.66. The van der Waals surface area contributed by atoms with E-state index < -0.39 is 6.10 Å². The van der Waals surface area contributed by atoms with Gasteiger partial charge in [0.05, 0.1) is 11.8 Å². The van der Waals surface area contributed by atoms with Crippen LogP contribution >= 0.6 is 11.3 Å². The van der Waals surface area contributed by atoms with Crippen molar-refractivity contribution in [2.24, 2.45) is 5.73 Å². The van der Waals surface area contributed by atoms with Gasteiger partial charge in [0.15, 0.2) is 5.13 Å². The van der Waals surface area contributed by atoms with Gasteiger partial charge >= 0.3 is 0 Å². The van der Waals surface area contributed by atoms with Gasteiger partial charge in [0.1, 0.15) is 6.10 Å². The van der Waals surface area contributed by atoms with Crippen LogP contribution in [0.2, 0.25) is 0 Å². The predicted octanol–water partition coefficient (Wildman–Crippen LogP) is 2.86. The average Bonchev–Trinajstić information content (AvgIpc) is 3.28. The topological polar surface area (TPSA) is 77.2 Å². The number of thiazole rings is 1. The van der Waals surface area contributed by atoms with E-state index in [0.29, 0.717) is 17.6 Å². The fourth-order valence-corrected chi connectivity index (χ4v) is 4.79. The number of hydrogen-bond acceptors (Lipinski definition) is 5. The molecule has 1 fully saturated rings. The zero-order valence-corrected chi connectivity index (χ0v) is 14.9. The lowest BCUT2D eigenvalue weighted by molar-refractivity contribution is -0.126. The van der Waals surface area contributed by atoms with Gasteiger partial charge in [-0.05, 0) is 43.6 Å². The first-order chi connectivity index (χ1) is 12.2. The van der Waals surface area contributed by atoms with Crippen molar-refractivity contribution in [3.05, 3.63) is 46.5 Å². The second-order valence-electron chi connectivity index (χ2n) is 6.79. The zero-order valence-electron chi connectivity index (χ0n) is 14.1. The molecule has 1 aromatic heterocycles. The number of aryl methyl sites for hydroxylation is 1. The summed E-state index contributed by atoms with van der Waals surface area (Å²) in [5, 5.41) is 3.64. The molecule has 1 aliphatic carbocycles. The second-order valence-corrected chi connectivity index (χ2v) is 7.87. The smallest absolute Gasteiger partial charge is 0.255 e. The van der Waals surface area contributed by atoms with Crippen molar-refractivity contribution in [3.8, 4) is 0 Å². The number of ether oxygens (including phenoxy) is 1. The Hall–Kier alpha value is -1.76. The first kappa shape index (κ1) is 16.7. The Bertz CT molecular complexity index is 746. The molecule has 0 bridgehead atoms. The van der Waals surface area contributed by atoms with E-state index in [1.807, 2.05) is 0 Å². The molecule has 1 aromatic carbocycles. The fraction of sp³-hybridized carbons (Fsp3) is 0.474. The van der Waals surface area contributed by atoms with Gasteiger partial charge in [-0.25, -0.2) is 4.98 Å². The standard InChI is InChI=1S/C19H23N3O2S/c20-11-14-7-9-16(24-14)18(23)22-19-21-15-8-6-13(10-17(15)25-19)12-4-2-1-3-5-12/h1-5,13-14,16H,6-11,20H2,(H,21,22,23)/t13?,14-,16+/m1/s1. The van der Waals surface area contributed by atoms with Crippen molar-refractivity contribution >= 4 is 22.4 Å². The molecule has 1 aliphatic heterocycles. The van der Waals surface area contributed by atoms with Gasteiger partial charge in [0.2, 0.25) is 0 Å². The number of anilines is 1. The molecule has 132 valence electrons. The molecule has 25 heavy (non-hydrogen) atoms. The van der Waals surface area contributed by atoms with Gasteiger partial charge in [-0.1, -0.05) is 30.3 Å². The Morgan fingerprint density at radius 2 is 2.12 bits per heavy atom. The Labute approximate surface area is 151 Å². The number of rotatable bonds is 4. The average molecular weight is 357 g/mol. The highest BCUT2D eigenvalue weighted by molar-refractivity contribution is 7.15. The maximum absolute atomic E-state index is 12.4. The number of hydrogen-bond donors (Lipinski definition) is 2. The van der Waals surface area contributed by atoms with Gasteiger partial charge in [-0.2, -0.15) is 0 Å². The zero-order chi connectivity index (χ0) is 17.2. The molecule has 0 spiro atoms. The summed E-state index contributed by atoms with van der Waals surface area (Å²) in [6.45, 7) is 0.468. The van der Waals surface area contributed by atoms with Crippen molar-refractivity contribution < 1.29 is 9.53 Å². The molecule has 1 amide bonds. The number of nitrogens with one attached hydrogen (secondary N) is 1. The Morgan fingerprint density at radius 3 is 2.88 bits per heavy atom. The third kappa shape index (κ3) is 3.61. The summed E-state index contributed by atoms with van der Waals surface area (Å²) in [7, 11) is 0. The van der Waals surface area contributed by atoms with E-state index in [1.54, 1.807) is 11.3 Å². The van der Waals surface area contributed by atoms with E-state index in [-0.39, 0.29) is 12.0 Å². The lowest BCUT2D eigenvalue weighted by atomic mass is 9.85. The van der Waals surface area contributed by atoms with Gasteiger partial charge in [0.25, 0.3) is 5.91 Å². The van der Waals surface area contributed by atoms with Gasteiger partial charge in [-0.3, -0.25) is 10.1 Å². The van der Waals surface area contributed by atoms with Crippen LogP contribution in [0.15, 0.2) is 30.3 Å². The van der Waals surface area contributed by atoms with Crippen molar-refractivity contribution in [2.75, 3.05) is 11.9 Å². The number of nitrogens with two attached hydrogens (primary N) is 1. The molecule has 2 heterocycles. The number of carbonyl (C=O) groups excluding carboxylic acids is 1. The summed E-state index contributed by atoms with van der Waals surface area (Å²) in [4.78, 5) is 18.3. The van der Waals surface area contributed by atoms with Crippen molar-refractivity contribution in [1.82, 2.24) is 4.98 Å². The molecule has 5 nitrogen and oxygen atoms in total. The molecule has 1 saturated heterocycles. The monoisotopic (exact) mass is 357 g/mol. The predicted molar refractivity (Wildman–Crippen MR) is 98.9 cm³/mol. The number of amides is 1. The molecule has 3 N–H and O–H groups in total. The Morgan fingerprint density at radius 1 is 1.28 bits per heavy atom. The van der Waals surface area contributed by atoms with E-state index in [0.717, 1.165) is 37.8 Å². The lowest BCUT2D eigenvalue weighted by Gasteiger charge is -2.21. The quantitative estimate of drug-likeness (QED) is 0.882. The highest BCUT2D eigenvalue weighted by atomic mass is 32.1. The van der Waals surface area contributed by atoms with Gasteiger partial charge in [0, 0.05) is 11.4 Å². The van der Waals surface area contributed by atoms with Crippen LogP contribution in [0.5, 0.6) is 0 Å². The van der Waals surface area contributed by atoms with E-state index in [4.69, 9.17) is 10.5 Å². The third-order valence-corrected chi connectivity index (χ3v) is 6.14. The first-order valence-corrected chi connectivity index (χ1v) is 9.74. The molecular weight excluding hydrogens is 334 g/mol. The van der Waals surface area contributed by atoms with E-state index >= 15 is 0 Å². The minimum absolute atomic E-state index is 0.00637. The summed E-state index contributed by atoms with van der Waals surface area (Å²) in [6, 6.07) is 10.6. The number of fused-ring (bicyclic) bond motifs is 1. The second kappa shape index (κ2) is 7.23. The molecule has 0 radical (unpaired) electrons. The normalized spacial score (nSPS) is 25.6. The highest BCUT2D eigenvalue weighted by Gasteiger charge is 2.31. The molecule has 2 aromatic rings. The summed E-state index contributed by atoms with van der Waals surface area (Å²) in [6.07, 6.45) is 4.27. The third-order valence-electron chi connectivity index (χ3n) is 5.10. The number of benzene rings is 1. The van der Waals surface area contributed by atoms with Gasteiger partial charge < -0.3 is 10.5 Å². The maximum Gasteiger partial charge on any atom is 0.255 e. The van der Waals surface area contributed by atoms with Crippen LogP contribution in [0.4, 0.5) is 5.13 Å². The van der Waals surface area contributed by atoms with Crippen LogP contribution in [0.1, 0.15) is 41.3 Å². The molecular formula is C19H23N3O2S. The summed E-state index contributed by atoms with van der Waals surface area (Å²) in [5.74, 6) is 0.447. The number of aromatic nitrogens is 1. The molecule has 1 unspecified atom stereocenters. The van der Waals surface area contributed by atoms with Crippen molar-refractivity contribution in [1.29, 1.82) is 0 Å². The summed E-state index contributed by atoms with van der Waals surface area (Å²) in [5.41, 5.74) is 8.14. The molecule has 2 aliphatic rings. The van der Waals surface area contributed by atoms with Crippen LogP contribution in [0, 0.1) is 0 Å². The fourth-order valence-electron chi connectivity index (χ4n) is 3.70. The molecule has 6 heteroatoms. The molecule has 4 rings (SSSR count). The molecule has 3 atom stereocenters. The van der Waals surface area contributed by atoms with Crippen LogP contribution in [0.3, 0.4) is 0 Å². The van der Waals surface area contributed by atoms with E-state index in [2.05, 4.69) is 40.6 Å². The maximum atomic E-state index is 12.4.